The first-order valence-corrected chi connectivity index (χ1v) is 9.14. The summed E-state index contributed by atoms with van der Waals surface area (Å²) in [6.45, 7) is -1.14. The highest BCUT2D eigenvalue weighted by Crippen LogP contribution is 2.50. The third kappa shape index (κ3) is 3.79. The second-order valence-corrected chi connectivity index (χ2v) is 7.68. The largest absolute Gasteiger partial charge is 0.417 e. The Morgan fingerprint density at radius 3 is 2.27 bits per heavy atom. The Balaban J connectivity index is 2.10. The Hall–Kier alpha value is -2.18. The minimum atomic E-state index is -4.93. The van der Waals surface area contributed by atoms with Crippen molar-refractivity contribution in [3.63, 3.8) is 0 Å². The van der Waals surface area contributed by atoms with Crippen molar-refractivity contribution in [2.24, 2.45) is 0 Å². The van der Waals surface area contributed by atoms with E-state index in [9.17, 15) is 30.7 Å². The number of benzene rings is 2. The maximum atomic E-state index is 14.6. The predicted molar refractivity (Wildman–Crippen MR) is 97.1 cm³/mol. The van der Waals surface area contributed by atoms with Gasteiger partial charge >= 0.3 is 12.4 Å². The van der Waals surface area contributed by atoms with Gasteiger partial charge in [0.25, 0.3) is 0 Å². The van der Waals surface area contributed by atoms with Crippen LogP contribution in [0.3, 0.4) is 0 Å². The molecule has 2 aromatic rings. The van der Waals surface area contributed by atoms with Crippen molar-refractivity contribution < 1.29 is 30.7 Å². The second kappa shape index (κ2) is 7.50. The fourth-order valence-electron chi connectivity index (χ4n) is 3.60. The van der Waals surface area contributed by atoms with Crippen LogP contribution in [0.5, 0.6) is 0 Å². The lowest BCUT2D eigenvalue weighted by Crippen LogP contribution is -2.45. The minimum Gasteiger partial charge on any atom is -0.370 e. The molecule has 11 heteroatoms. The van der Waals surface area contributed by atoms with Gasteiger partial charge < -0.3 is 4.90 Å². The van der Waals surface area contributed by atoms with Crippen LogP contribution in [0.2, 0.25) is 10.0 Å². The lowest BCUT2D eigenvalue weighted by molar-refractivity contribution is -0.185. The zero-order chi connectivity index (χ0) is 22.5. The van der Waals surface area contributed by atoms with E-state index in [1.165, 1.54) is 6.07 Å². The Morgan fingerprint density at radius 2 is 1.70 bits per heavy atom. The lowest BCUT2D eigenvalue weighted by atomic mass is 9.78. The number of alkyl halides is 6. The van der Waals surface area contributed by atoms with Gasteiger partial charge in [-0.3, -0.25) is 0 Å². The number of nitrogens with zero attached hydrogens (tertiary/aromatic N) is 2. The van der Waals surface area contributed by atoms with Gasteiger partial charge in [0.15, 0.2) is 0 Å². The third-order valence-corrected chi connectivity index (χ3v) is 5.61. The van der Waals surface area contributed by atoms with Crippen molar-refractivity contribution in [2.75, 3.05) is 18.0 Å². The number of hydrogen-bond donors (Lipinski definition) is 0. The normalized spacial score (nSPS) is 19.8. The summed E-state index contributed by atoms with van der Waals surface area (Å²) in [6.07, 6.45) is -10.4. The molecule has 2 nitrogen and oxygen atoms in total. The van der Waals surface area contributed by atoms with Gasteiger partial charge in [0, 0.05) is 29.4 Å². The fourth-order valence-corrected chi connectivity index (χ4v) is 4.09. The molecular formula is C19H11Cl2F7N2. The van der Waals surface area contributed by atoms with Crippen LogP contribution in [0.1, 0.15) is 23.1 Å². The molecule has 30 heavy (non-hydrogen) atoms. The summed E-state index contributed by atoms with van der Waals surface area (Å²) in [5.41, 5.74) is -5.57. The van der Waals surface area contributed by atoms with E-state index >= 15 is 0 Å². The topological polar surface area (TPSA) is 27.0 Å². The molecule has 0 N–H and O–H groups in total. The van der Waals surface area contributed by atoms with E-state index in [0.717, 1.165) is 29.2 Å². The van der Waals surface area contributed by atoms with Gasteiger partial charge in [-0.1, -0.05) is 23.2 Å². The molecule has 0 bridgehead atoms. The quantitative estimate of drug-likeness (QED) is 0.359. The van der Waals surface area contributed by atoms with E-state index in [4.69, 9.17) is 28.5 Å². The first-order valence-electron chi connectivity index (χ1n) is 8.38. The van der Waals surface area contributed by atoms with Crippen molar-refractivity contribution >= 4 is 28.9 Å². The van der Waals surface area contributed by atoms with E-state index in [1.54, 1.807) is 0 Å². The monoisotopic (exact) mass is 470 g/mol. The van der Waals surface area contributed by atoms with E-state index < -0.39 is 58.3 Å². The lowest BCUT2D eigenvalue weighted by Gasteiger charge is -2.33. The molecule has 1 heterocycles. The zero-order valence-corrected chi connectivity index (χ0v) is 16.3. The molecule has 0 saturated carbocycles. The summed E-state index contributed by atoms with van der Waals surface area (Å²) in [5.74, 6) is -1.28. The molecule has 1 unspecified atom stereocenters. The van der Waals surface area contributed by atoms with E-state index in [2.05, 4.69) is 0 Å². The van der Waals surface area contributed by atoms with Crippen molar-refractivity contribution in [1.82, 2.24) is 0 Å². The molecule has 0 spiro atoms. The van der Waals surface area contributed by atoms with Gasteiger partial charge in [0.2, 0.25) is 0 Å². The molecule has 0 aromatic heterocycles. The summed E-state index contributed by atoms with van der Waals surface area (Å²) >= 11 is 11.5. The molecule has 3 rings (SSSR count). The van der Waals surface area contributed by atoms with Gasteiger partial charge in [-0.15, -0.1) is 0 Å². The van der Waals surface area contributed by atoms with Gasteiger partial charge in [-0.05, 0) is 36.8 Å². The van der Waals surface area contributed by atoms with Gasteiger partial charge in [0.05, 0.1) is 22.2 Å². The molecule has 1 fully saturated rings. The minimum absolute atomic E-state index is 0.166. The second-order valence-electron chi connectivity index (χ2n) is 6.84. The van der Waals surface area contributed by atoms with Crippen LogP contribution in [0.25, 0.3) is 0 Å². The maximum Gasteiger partial charge on any atom is 0.417 e. The first kappa shape index (κ1) is 22.5. The smallest absolute Gasteiger partial charge is 0.370 e. The number of anilines is 1. The summed E-state index contributed by atoms with van der Waals surface area (Å²) in [4.78, 5) is 1.07. The number of rotatable bonds is 2. The van der Waals surface area contributed by atoms with Crippen LogP contribution in [0.15, 0.2) is 30.3 Å². The summed E-state index contributed by atoms with van der Waals surface area (Å²) in [6, 6.07) is 5.84. The molecule has 1 aliphatic heterocycles. The Labute approximate surface area is 176 Å². The molecule has 0 aliphatic carbocycles. The summed E-state index contributed by atoms with van der Waals surface area (Å²) < 4.78 is 96.6. The van der Waals surface area contributed by atoms with Gasteiger partial charge in [-0.25, -0.2) is 4.39 Å². The highest BCUT2D eigenvalue weighted by Gasteiger charge is 2.60. The van der Waals surface area contributed by atoms with Gasteiger partial charge in [0.1, 0.15) is 11.2 Å². The molecule has 1 aliphatic rings. The average Bonchev–Trinajstić information content (AvgIpc) is 3.10. The van der Waals surface area contributed by atoms with Crippen LogP contribution in [-0.2, 0) is 11.6 Å². The van der Waals surface area contributed by atoms with Crippen molar-refractivity contribution in [3.05, 3.63) is 62.9 Å². The number of halogens is 9. The SMILES string of the molecule is N#Cc1ccc(N2CCC(c3cc(Cl)cc(Cl)c3F)(C(F)(F)F)C2)cc1C(F)(F)F. The van der Waals surface area contributed by atoms with Crippen LogP contribution >= 0.6 is 23.2 Å². The van der Waals surface area contributed by atoms with Crippen molar-refractivity contribution in [2.45, 2.75) is 24.2 Å². The van der Waals surface area contributed by atoms with Crippen LogP contribution < -0.4 is 4.90 Å². The van der Waals surface area contributed by atoms with Crippen molar-refractivity contribution in [1.29, 1.82) is 5.26 Å². The highest BCUT2D eigenvalue weighted by molar-refractivity contribution is 6.34. The van der Waals surface area contributed by atoms with E-state index in [-0.39, 0.29) is 17.3 Å². The standard InChI is InChI=1S/C19H11Cl2F7N2/c20-11-5-14(16(22)15(21)6-11)17(19(26,27)28)3-4-30(9-17)12-2-1-10(8-29)13(7-12)18(23,24)25/h1-2,5-7H,3-4,9H2. The average molecular weight is 471 g/mol. The number of hydrogen-bond acceptors (Lipinski definition) is 2. The van der Waals surface area contributed by atoms with Crippen LogP contribution in [0, 0.1) is 17.1 Å². The van der Waals surface area contributed by atoms with Crippen molar-refractivity contribution in [3.8, 4) is 6.07 Å². The van der Waals surface area contributed by atoms with E-state index in [0.29, 0.717) is 6.07 Å². The Morgan fingerprint density at radius 1 is 1.03 bits per heavy atom. The number of nitriles is 1. The molecule has 1 saturated heterocycles. The first-order chi connectivity index (χ1) is 13.8. The highest BCUT2D eigenvalue weighted by atomic mass is 35.5. The fraction of sp³-hybridized carbons (Fsp3) is 0.316. The molecule has 0 radical (unpaired) electrons. The Bertz CT molecular complexity index is 1030. The maximum absolute atomic E-state index is 14.6. The summed E-state index contributed by atoms with van der Waals surface area (Å²) in [5, 5.41) is 8.10. The molecule has 1 atom stereocenters. The third-order valence-electron chi connectivity index (χ3n) is 5.11. The molecular weight excluding hydrogens is 460 g/mol. The van der Waals surface area contributed by atoms with Gasteiger partial charge in [-0.2, -0.15) is 31.6 Å². The zero-order valence-electron chi connectivity index (χ0n) is 14.8. The predicted octanol–water partition coefficient (Wildman–Crippen LogP) is 6.73. The summed E-state index contributed by atoms with van der Waals surface area (Å²) in [7, 11) is 0. The Kier molecular flexibility index (Phi) is 5.63. The van der Waals surface area contributed by atoms with E-state index in [1.807, 2.05) is 0 Å². The van der Waals surface area contributed by atoms with Crippen LogP contribution in [0.4, 0.5) is 36.4 Å². The molecule has 160 valence electrons. The van der Waals surface area contributed by atoms with Crippen LogP contribution in [-0.4, -0.2) is 19.3 Å². The molecule has 2 aromatic carbocycles. The molecule has 0 amide bonds.